The van der Waals surface area contributed by atoms with Crippen LogP contribution in [0.25, 0.3) is 0 Å². The quantitative estimate of drug-likeness (QED) is 0.904. The third-order valence-corrected chi connectivity index (χ3v) is 4.19. The van der Waals surface area contributed by atoms with Gasteiger partial charge in [-0.25, -0.2) is 0 Å². The zero-order valence-electron chi connectivity index (χ0n) is 11.8. The Hall–Kier alpha value is -1.22. The zero-order chi connectivity index (χ0) is 15.0. The van der Waals surface area contributed by atoms with E-state index < -0.39 is 0 Å². The maximum atomic E-state index is 6.35. The SMILES string of the molecule is Cc1cc(Cl)cc(C(N)Cc2cc(Cl)cc3c2OCC3)c1. The van der Waals surface area contributed by atoms with Gasteiger partial charge in [-0.2, -0.15) is 0 Å². The fourth-order valence-electron chi connectivity index (χ4n) is 2.83. The smallest absolute Gasteiger partial charge is 0.125 e. The number of fused-ring (bicyclic) bond motifs is 1. The van der Waals surface area contributed by atoms with Crippen molar-refractivity contribution in [1.82, 2.24) is 0 Å². The van der Waals surface area contributed by atoms with Crippen LogP contribution >= 0.6 is 23.2 Å². The van der Waals surface area contributed by atoms with Crippen LogP contribution in [0.3, 0.4) is 0 Å². The van der Waals surface area contributed by atoms with E-state index in [1.165, 1.54) is 5.56 Å². The summed E-state index contributed by atoms with van der Waals surface area (Å²) < 4.78 is 5.73. The normalized spacial score (nSPS) is 14.7. The summed E-state index contributed by atoms with van der Waals surface area (Å²) in [6.07, 6.45) is 1.59. The van der Waals surface area contributed by atoms with Crippen LogP contribution in [0.2, 0.25) is 10.0 Å². The molecule has 2 nitrogen and oxygen atoms in total. The molecule has 0 saturated carbocycles. The van der Waals surface area contributed by atoms with Gasteiger partial charge in [0.2, 0.25) is 0 Å². The molecule has 1 heterocycles. The second kappa shape index (κ2) is 5.88. The van der Waals surface area contributed by atoms with Gasteiger partial charge < -0.3 is 10.5 Å². The summed E-state index contributed by atoms with van der Waals surface area (Å²) in [6, 6.07) is 9.71. The molecule has 0 aromatic heterocycles. The predicted molar refractivity (Wildman–Crippen MR) is 87.5 cm³/mol. The van der Waals surface area contributed by atoms with Gasteiger partial charge in [-0.3, -0.25) is 0 Å². The van der Waals surface area contributed by atoms with Crippen molar-refractivity contribution in [3.8, 4) is 5.75 Å². The van der Waals surface area contributed by atoms with Gasteiger partial charge in [0, 0.05) is 22.5 Å². The molecule has 0 spiro atoms. The molecule has 2 aromatic carbocycles. The van der Waals surface area contributed by atoms with Crippen LogP contribution in [0, 0.1) is 6.92 Å². The second-order valence-corrected chi connectivity index (χ2v) is 6.40. The highest BCUT2D eigenvalue weighted by atomic mass is 35.5. The monoisotopic (exact) mass is 321 g/mol. The first-order chi connectivity index (χ1) is 10.0. The molecule has 1 unspecified atom stereocenters. The lowest BCUT2D eigenvalue weighted by Gasteiger charge is -2.16. The van der Waals surface area contributed by atoms with E-state index in [2.05, 4.69) is 6.07 Å². The van der Waals surface area contributed by atoms with E-state index in [1.54, 1.807) is 0 Å². The first kappa shape index (κ1) is 14.7. The van der Waals surface area contributed by atoms with Crippen LogP contribution in [0.1, 0.15) is 28.3 Å². The lowest BCUT2D eigenvalue weighted by atomic mass is 9.96. The number of hydrogen-bond acceptors (Lipinski definition) is 2. The molecule has 21 heavy (non-hydrogen) atoms. The van der Waals surface area contributed by atoms with E-state index in [9.17, 15) is 0 Å². The number of hydrogen-bond donors (Lipinski definition) is 1. The lowest BCUT2D eigenvalue weighted by Crippen LogP contribution is -2.14. The van der Waals surface area contributed by atoms with E-state index in [-0.39, 0.29) is 6.04 Å². The van der Waals surface area contributed by atoms with Gasteiger partial charge >= 0.3 is 0 Å². The van der Waals surface area contributed by atoms with Crippen molar-refractivity contribution < 1.29 is 4.74 Å². The van der Waals surface area contributed by atoms with Crippen molar-refractivity contribution in [2.45, 2.75) is 25.8 Å². The number of halogens is 2. The van der Waals surface area contributed by atoms with Gasteiger partial charge in [0.1, 0.15) is 5.75 Å². The average molecular weight is 322 g/mol. The van der Waals surface area contributed by atoms with E-state index in [1.807, 2.05) is 31.2 Å². The summed E-state index contributed by atoms with van der Waals surface area (Å²) in [4.78, 5) is 0. The summed E-state index contributed by atoms with van der Waals surface area (Å²) >= 11 is 12.3. The molecule has 1 atom stereocenters. The lowest BCUT2D eigenvalue weighted by molar-refractivity contribution is 0.352. The third kappa shape index (κ3) is 3.18. The van der Waals surface area contributed by atoms with Gasteiger partial charge in [0.05, 0.1) is 6.61 Å². The summed E-state index contributed by atoms with van der Waals surface area (Å²) in [7, 11) is 0. The van der Waals surface area contributed by atoms with Crippen LogP contribution in [0.4, 0.5) is 0 Å². The summed E-state index contributed by atoms with van der Waals surface area (Å²) in [5.74, 6) is 0.952. The Kier molecular flexibility index (Phi) is 4.12. The van der Waals surface area contributed by atoms with Crippen LogP contribution in [-0.4, -0.2) is 6.61 Å². The third-order valence-electron chi connectivity index (χ3n) is 3.76. The topological polar surface area (TPSA) is 35.2 Å². The fourth-order valence-corrected chi connectivity index (χ4v) is 3.39. The molecule has 3 rings (SSSR count). The van der Waals surface area contributed by atoms with Crippen LogP contribution in [0.15, 0.2) is 30.3 Å². The Labute approximate surface area is 134 Å². The number of ether oxygens (including phenoxy) is 1. The van der Waals surface area contributed by atoms with Gasteiger partial charge in [0.15, 0.2) is 0 Å². The molecule has 0 amide bonds. The molecule has 0 bridgehead atoms. The molecule has 2 N–H and O–H groups in total. The minimum atomic E-state index is -0.130. The number of benzene rings is 2. The van der Waals surface area contributed by atoms with Gasteiger partial charge in [-0.1, -0.05) is 29.3 Å². The number of aryl methyl sites for hydroxylation is 1. The molecule has 4 heteroatoms. The second-order valence-electron chi connectivity index (χ2n) is 5.52. The van der Waals surface area contributed by atoms with E-state index >= 15 is 0 Å². The standard InChI is InChI=1S/C17H17Cl2NO/c1-10-4-12(7-14(18)5-10)16(20)9-13-8-15(19)6-11-2-3-21-17(11)13/h4-8,16H,2-3,9,20H2,1H3. The first-order valence-electron chi connectivity index (χ1n) is 6.99. The largest absolute Gasteiger partial charge is 0.493 e. The molecule has 0 aliphatic carbocycles. The van der Waals surface area contributed by atoms with Crippen molar-refractivity contribution in [3.05, 3.63) is 62.6 Å². The van der Waals surface area contributed by atoms with Crippen molar-refractivity contribution in [2.24, 2.45) is 5.73 Å². The molecular weight excluding hydrogens is 305 g/mol. The minimum Gasteiger partial charge on any atom is -0.493 e. The molecule has 1 aliphatic heterocycles. The molecule has 0 saturated heterocycles. The van der Waals surface area contributed by atoms with Gasteiger partial charge in [-0.15, -0.1) is 0 Å². The maximum Gasteiger partial charge on any atom is 0.125 e. The molecule has 1 aliphatic rings. The van der Waals surface area contributed by atoms with E-state index in [0.717, 1.165) is 33.9 Å². The molecule has 2 aromatic rings. The van der Waals surface area contributed by atoms with Crippen molar-refractivity contribution in [1.29, 1.82) is 0 Å². The minimum absolute atomic E-state index is 0.130. The first-order valence-corrected chi connectivity index (χ1v) is 7.75. The zero-order valence-corrected chi connectivity index (χ0v) is 13.3. The number of nitrogens with two attached hydrogens (primary N) is 1. The van der Waals surface area contributed by atoms with Gasteiger partial charge in [-0.05, 0) is 59.9 Å². The van der Waals surface area contributed by atoms with Crippen LogP contribution < -0.4 is 10.5 Å². The highest BCUT2D eigenvalue weighted by molar-refractivity contribution is 6.31. The average Bonchev–Trinajstić information content (AvgIpc) is 2.85. The Morgan fingerprint density at radius 1 is 1.14 bits per heavy atom. The number of rotatable bonds is 3. The Morgan fingerprint density at radius 2 is 1.90 bits per heavy atom. The summed E-state index contributed by atoms with van der Waals surface area (Å²) in [5.41, 5.74) is 10.7. The van der Waals surface area contributed by atoms with E-state index in [0.29, 0.717) is 18.1 Å². The van der Waals surface area contributed by atoms with Crippen molar-refractivity contribution >= 4 is 23.2 Å². The molecule has 110 valence electrons. The van der Waals surface area contributed by atoms with Gasteiger partial charge in [0.25, 0.3) is 0 Å². The summed E-state index contributed by atoms with van der Waals surface area (Å²) in [6.45, 7) is 2.73. The molecule has 0 radical (unpaired) electrons. The molecular formula is C17H17Cl2NO. The highest BCUT2D eigenvalue weighted by Gasteiger charge is 2.20. The van der Waals surface area contributed by atoms with Crippen molar-refractivity contribution in [3.63, 3.8) is 0 Å². The van der Waals surface area contributed by atoms with Crippen molar-refractivity contribution in [2.75, 3.05) is 6.61 Å². The Bertz CT molecular complexity index is 664. The maximum absolute atomic E-state index is 6.35. The van der Waals surface area contributed by atoms with E-state index in [4.69, 9.17) is 33.7 Å². The summed E-state index contributed by atoms with van der Waals surface area (Å²) in [5, 5.41) is 1.46. The predicted octanol–water partition coefficient (Wildman–Crippen LogP) is 4.48. The molecule has 0 fully saturated rings. The van der Waals surface area contributed by atoms with Crippen LogP contribution in [-0.2, 0) is 12.8 Å². The fraction of sp³-hybridized carbons (Fsp3) is 0.294. The Morgan fingerprint density at radius 3 is 2.67 bits per heavy atom. The van der Waals surface area contributed by atoms with Crippen LogP contribution in [0.5, 0.6) is 5.75 Å². The highest BCUT2D eigenvalue weighted by Crippen LogP contribution is 2.35. The Balaban J connectivity index is 1.90.